The molecule has 0 bridgehead atoms. The fourth-order valence-electron chi connectivity index (χ4n) is 1.67. The molecule has 1 aromatic heterocycles. The van der Waals surface area contributed by atoms with Gasteiger partial charge in [-0.05, 0) is 25.1 Å². The van der Waals surface area contributed by atoms with E-state index in [1.54, 1.807) is 31.2 Å². The summed E-state index contributed by atoms with van der Waals surface area (Å²) in [5, 5.41) is 13.7. The van der Waals surface area contributed by atoms with Crippen LogP contribution < -0.4 is 5.56 Å². The van der Waals surface area contributed by atoms with Gasteiger partial charge in [-0.15, -0.1) is 0 Å². The third-order valence-corrected chi connectivity index (χ3v) is 2.90. The first kappa shape index (κ1) is 13.3. The highest BCUT2D eigenvalue weighted by atomic mass is 35.5. The zero-order valence-corrected chi connectivity index (χ0v) is 10.9. The first-order valence-electron chi connectivity index (χ1n) is 5.64. The van der Waals surface area contributed by atoms with Crippen molar-refractivity contribution >= 4 is 17.6 Å². The number of aromatic nitrogens is 2. The molecule has 1 N–H and O–H groups in total. The van der Waals surface area contributed by atoms with E-state index in [2.05, 4.69) is 5.10 Å². The van der Waals surface area contributed by atoms with Crippen LogP contribution in [-0.2, 0) is 6.54 Å². The summed E-state index contributed by atoms with van der Waals surface area (Å²) in [5.41, 5.74) is 0.235. The summed E-state index contributed by atoms with van der Waals surface area (Å²) < 4.78 is 1.13. The Hall–Kier alpha value is -2.14. The van der Waals surface area contributed by atoms with Crippen LogP contribution in [0, 0.1) is 0 Å². The van der Waals surface area contributed by atoms with Crippen LogP contribution in [0.15, 0.2) is 35.1 Å². The molecule has 0 fully saturated rings. The van der Waals surface area contributed by atoms with Crippen molar-refractivity contribution in [1.82, 2.24) is 9.78 Å². The van der Waals surface area contributed by atoms with Crippen molar-refractivity contribution in [2.45, 2.75) is 13.5 Å². The number of carboxylic acid groups (broad SMARTS) is 1. The van der Waals surface area contributed by atoms with Gasteiger partial charge >= 0.3 is 5.97 Å². The van der Waals surface area contributed by atoms with Crippen molar-refractivity contribution < 1.29 is 9.90 Å². The topological polar surface area (TPSA) is 72.2 Å². The van der Waals surface area contributed by atoms with Gasteiger partial charge < -0.3 is 5.11 Å². The molecule has 0 radical (unpaired) electrons. The van der Waals surface area contributed by atoms with Gasteiger partial charge in [0.05, 0.1) is 5.69 Å². The second-order valence-corrected chi connectivity index (χ2v) is 4.31. The molecule has 0 unspecified atom stereocenters. The molecule has 0 saturated carbocycles. The number of carboxylic acids is 1. The van der Waals surface area contributed by atoms with E-state index in [4.69, 9.17) is 16.7 Å². The molecule has 98 valence electrons. The number of hydrogen-bond donors (Lipinski definition) is 1. The lowest BCUT2D eigenvalue weighted by atomic mass is 10.1. The standard InChI is InChI=1S/C13H11ClN2O3/c1-2-16-12(17)10(13(18)19)7-11(15-16)8-3-5-9(14)6-4-8/h3-7H,2H2,1H3,(H,18,19). The number of rotatable bonds is 3. The molecule has 2 rings (SSSR count). The van der Waals surface area contributed by atoms with E-state index >= 15 is 0 Å². The van der Waals surface area contributed by atoms with E-state index in [1.165, 1.54) is 6.07 Å². The minimum absolute atomic E-state index is 0.290. The first-order valence-corrected chi connectivity index (χ1v) is 6.02. The highest BCUT2D eigenvalue weighted by molar-refractivity contribution is 6.30. The average molecular weight is 279 g/mol. The summed E-state index contributed by atoms with van der Waals surface area (Å²) >= 11 is 5.79. The molecule has 5 nitrogen and oxygen atoms in total. The van der Waals surface area contributed by atoms with E-state index in [-0.39, 0.29) is 5.56 Å². The van der Waals surface area contributed by atoms with Crippen molar-refractivity contribution in [1.29, 1.82) is 0 Å². The van der Waals surface area contributed by atoms with Gasteiger partial charge in [0.2, 0.25) is 0 Å². The lowest BCUT2D eigenvalue weighted by Gasteiger charge is -2.07. The maximum atomic E-state index is 11.8. The summed E-state index contributed by atoms with van der Waals surface area (Å²) in [7, 11) is 0. The highest BCUT2D eigenvalue weighted by Crippen LogP contribution is 2.19. The fourth-order valence-corrected chi connectivity index (χ4v) is 1.80. The van der Waals surface area contributed by atoms with Gasteiger partial charge in [0.25, 0.3) is 5.56 Å². The molecular weight excluding hydrogens is 268 g/mol. The maximum Gasteiger partial charge on any atom is 0.341 e. The third kappa shape index (κ3) is 2.66. The third-order valence-electron chi connectivity index (χ3n) is 2.64. The lowest BCUT2D eigenvalue weighted by molar-refractivity contribution is 0.0694. The fraction of sp³-hybridized carbons (Fsp3) is 0.154. The Labute approximate surface area is 114 Å². The van der Waals surface area contributed by atoms with Crippen molar-refractivity contribution in [3.8, 4) is 11.3 Å². The zero-order valence-electron chi connectivity index (χ0n) is 10.1. The van der Waals surface area contributed by atoms with Gasteiger partial charge in [-0.25, -0.2) is 9.48 Å². The van der Waals surface area contributed by atoms with Crippen molar-refractivity contribution in [3.63, 3.8) is 0 Å². The molecule has 0 amide bonds. The van der Waals surface area contributed by atoms with Crippen LogP contribution in [0.1, 0.15) is 17.3 Å². The summed E-state index contributed by atoms with van der Waals surface area (Å²) in [6.45, 7) is 2.03. The van der Waals surface area contributed by atoms with Crippen molar-refractivity contribution in [2.24, 2.45) is 0 Å². The highest BCUT2D eigenvalue weighted by Gasteiger charge is 2.14. The van der Waals surface area contributed by atoms with Gasteiger partial charge in [-0.1, -0.05) is 23.7 Å². The number of halogens is 1. The number of aryl methyl sites for hydroxylation is 1. The maximum absolute atomic E-state index is 11.8. The summed E-state index contributed by atoms with van der Waals surface area (Å²) in [4.78, 5) is 22.8. The molecule has 2 aromatic rings. The quantitative estimate of drug-likeness (QED) is 0.935. The van der Waals surface area contributed by atoms with Crippen LogP contribution in [0.3, 0.4) is 0 Å². The predicted octanol–water partition coefficient (Wildman–Crippen LogP) is 2.28. The minimum atomic E-state index is -1.26. The van der Waals surface area contributed by atoms with Gasteiger partial charge in [-0.3, -0.25) is 4.79 Å². The number of nitrogens with zero attached hydrogens (tertiary/aromatic N) is 2. The predicted molar refractivity (Wildman–Crippen MR) is 71.6 cm³/mol. The van der Waals surface area contributed by atoms with Crippen molar-refractivity contribution in [2.75, 3.05) is 0 Å². The lowest BCUT2D eigenvalue weighted by Crippen LogP contribution is -2.28. The van der Waals surface area contributed by atoms with Crippen LogP contribution in [0.25, 0.3) is 11.3 Å². The molecule has 0 aliphatic heterocycles. The Balaban J connectivity index is 2.64. The molecule has 1 aromatic carbocycles. The SMILES string of the molecule is CCn1nc(-c2ccc(Cl)cc2)cc(C(=O)O)c1=O. The molecule has 6 heteroatoms. The molecule has 0 saturated heterocycles. The Kier molecular flexibility index (Phi) is 3.66. The first-order chi connectivity index (χ1) is 9.02. The molecule has 1 heterocycles. The minimum Gasteiger partial charge on any atom is -0.477 e. The van der Waals surface area contributed by atoms with Crippen molar-refractivity contribution in [3.05, 3.63) is 51.3 Å². The Morgan fingerprint density at radius 2 is 2.00 bits per heavy atom. The Morgan fingerprint density at radius 3 is 2.53 bits per heavy atom. The number of aromatic carboxylic acids is 1. The molecular formula is C13H11ClN2O3. The molecule has 19 heavy (non-hydrogen) atoms. The van der Waals surface area contributed by atoms with Gasteiger partial charge in [0.15, 0.2) is 0 Å². The van der Waals surface area contributed by atoms with Crippen LogP contribution in [0.4, 0.5) is 0 Å². The van der Waals surface area contributed by atoms with E-state index in [9.17, 15) is 9.59 Å². The number of carbonyl (C=O) groups is 1. The van der Waals surface area contributed by atoms with Crippen LogP contribution in [0.2, 0.25) is 5.02 Å². The summed E-state index contributed by atoms with van der Waals surface area (Å²) in [5.74, 6) is -1.26. The van der Waals surface area contributed by atoms with E-state index in [0.717, 1.165) is 4.68 Å². The number of benzene rings is 1. The van der Waals surface area contributed by atoms with E-state index < -0.39 is 11.5 Å². The second-order valence-electron chi connectivity index (χ2n) is 3.88. The van der Waals surface area contributed by atoms with Gasteiger partial charge in [0, 0.05) is 17.1 Å². The van der Waals surface area contributed by atoms with Gasteiger partial charge in [0.1, 0.15) is 5.56 Å². The van der Waals surface area contributed by atoms with E-state index in [1.807, 2.05) is 0 Å². The largest absolute Gasteiger partial charge is 0.477 e. The van der Waals surface area contributed by atoms with Crippen LogP contribution in [0.5, 0.6) is 0 Å². The summed E-state index contributed by atoms with van der Waals surface area (Å²) in [6, 6.07) is 8.09. The average Bonchev–Trinajstić information content (AvgIpc) is 2.39. The molecule has 0 aliphatic rings. The van der Waals surface area contributed by atoms with Gasteiger partial charge in [-0.2, -0.15) is 5.10 Å². The normalized spacial score (nSPS) is 10.4. The molecule has 0 aliphatic carbocycles. The summed E-state index contributed by atoms with van der Waals surface area (Å²) in [6.07, 6.45) is 0. The molecule has 0 spiro atoms. The Morgan fingerprint density at radius 1 is 1.37 bits per heavy atom. The monoisotopic (exact) mass is 278 g/mol. The smallest absolute Gasteiger partial charge is 0.341 e. The second kappa shape index (κ2) is 5.24. The van der Waals surface area contributed by atoms with Crippen LogP contribution >= 0.6 is 11.6 Å². The van der Waals surface area contributed by atoms with Crippen LogP contribution in [-0.4, -0.2) is 20.9 Å². The Bertz CT molecular complexity index is 677. The molecule has 0 atom stereocenters. The van der Waals surface area contributed by atoms with E-state index in [0.29, 0.717) is 22.8 Å². The zero-order chi connectivity index (χ0) is 14.0. The number of hydrogen-bond acceptors (Lipinski definition) is 3.